The van der Waals surface area contributed by atoms with Crippen LogP contribution in [-0.4, -0.2) is 56.6 Å². The van der Waals surface area contributed by atoms with Gasteiger partial charge in [-0.05, 0) is 31.8 Å². The molecule has 2 rings (SSSR count). The van der Waals surface area contributed by atoms with Crippen molar-refractivity contribution in [2.24, 2.45) is 5.92 Å². The van der Waals surface area contributed by atoms with Gasteiger partial charge < -0.3 is 10.2 Å². The molecule has 25 heavy (non-hydrogen) atoms. The Bertz CT molecular complexity index is 667. The molecule has 7 nitrogen and oxygen atoms in total. The number of piperidine rings is 1. The van der Waals surface area contributed by atoms with E-state index >= 15 is 0 Å². The third kappa shape index (κ3) is 6.65. The topological polar surface area (TPSA) is 91.4 Å². The molecule has 2 heterocycles. The highest BCUT2D eigenvalue weighted by atomic mass is 32.2. The molecule has 0 aliphatic carbocycles. The number of thiazole rings is 1. The summed E-state index contributed by atoms with van der Waals surface area (Å²) in [6, 6.07) is -0.421. The molecular weight excluding hydrogens is 360 g/mol. The van der Waals surface area contributed by atoms with E-state index in [1.165, 1.54) is 30.6 Å². The maximum absolute atomic E-state index is 12.3. The predicted molar refractivity (Wildman–Crippen MR) is 100 cm³/mol. The average molecular weight is 389 g/mol. The second-order valence-electron chi connectivity index (χ2n) is 6.84. The lowest BCUT2D eigenvalue weighted by molar-refractivity contribution is 0.0942. The molecule has 0 bridgehead atoms. The minimum atomic E-state index is -3.34. The highest BCUT2D eigenvalue weighted by molar-refractivity contribution is 7.88. The number of carbonyl (C=O) groups is 1. The van der Waals surface area contributed by atoms with Crippen molar-refractivity contribution in [3.05, 3.63) is 16.1 Å². The standard InChI is InChI=1S/C16H28N4O3S2/c1-12(2)14(19-25(3,22)23)16-18-13(11-24-16)15(21)17-7-10-20-8-5-4-6-9-20/h11-12,14,19H,4-10H2,1-3H3,(H,17,21)/t14-/m0/s1. The van der Waals surface area contributed by atoms with E-state index in [-0.39, 0.29) is 11.8 Å². The fourth-order valence-electron chi connectivity index (χ4n) is 2.84. The van der Waals surface area contributed by atoms with Crippen molar-refractivity contribution < 1.29 is 13.2 Å². The van der Waals surface area contributed by atoms with Gasteiger partial charge in [0.1, 0.15) is 10.7 Å². The van der Waals surface area contributed by atoms with Crippen LogP contribution in [0.3, 0.4) is 0 Å². The summed E-state index contributed by atoms with van der Waals surface area (Å²) in [7, 11) is -3.34. The molecule has 0 radical (unpaired) electrons. The summed E-state index contributed by atoms with van der Waals surface area (Å²) in [6.45, 7) is 7.49. The first-order valence-corrected chi connectivity index (χ1v) is 11.5. The number of rotatable bonds is 8. The van der Waals surface area contributed by atoms with Crippen LogP contribution < -0.4 is 10.0 Å². The molecule has 1 aliphatic heterocycles. The van der Waals surface area contributed by atoms with E-state index < -0.39 is 16.1 Å². The molecule has 2 N–H and O–H groups in total. The molecule has 9 heteroatoms. The lowest BCUT2D eigenvalue weighted by Gasteiger charge is -2.26. The van der Waals surface area contributed by atoms with Gasteiger partial charge in [0.25, 0.3) is 5.91 Å². The van der Waals surface area contributed by atoms with E-state index in [0.717, 1.165) is 25.9 Å². The number of nitrogens with zero attached hydrogens (tertiary/aromatic N) is 2. The first-order chi connectivity index (χ1) is 11.8. The summed E-state index contributed by atoms with van der Waals surface area (Å²) in [5.74, 6) is -0.169. The first kappa shape index (κ1) is 20.3. The van der Waals surface area contributed by atoms with Crippen molar-refractivity contribution in [1.82, 2.24) is 19.9 Å². The van der Waals surface area contributed by atoms with E-state index in [9.17, 15) is 13.2 Å². The highest BCUT2D eigenvalue weighted by Crippen LogP contribution is 2.25. The molecule has 142 valence electrons. The molecular formula is C16H28N4O3S2. The van der Waals surface area contributed by atoms with Crippen LogP contribution >= 0.6 is 11.3 Å². The maximum atomic E-state index is 12.3. The molecule has 1 saturated heterocycles. The Balaban J connectivity index is 1.90. The Kier molecular flexibility index (Phi) is 7.36. The van der Waals surface area contributed by atoms with Crippen LogP contribution in [0, 0.1) is 5.92 Å². The van der Waals surface area contributed by atoms with Crippen LogP contribution in [0.5, 0.6) is 0 Å². The Labute approximate surface area is 154 Å². The second kappa shape index (κ2) is 9.07. The number of amides is 1. The van der Waals surface area contributed by atoms with Crippen LogP contribution in [0.15, 0.2) is 5.38 Å². The van der Waals surface area contributed by atoms with Gasteiger partial charge in [0, 0.05) is 18.5 Å². The number of sulfonamides is 1. The van der Waals surface area contributed by atoms with Gasteiger partial charge >= 0.3 is 0 Å². The van der Waals surface area contributed by atoms with Gasteiger partial charge in [-0.3, -0.25) is 4.79 Å². The minimum Gasteiger partial charge on any atom is -0.349 e. The van der Waals surface area contributed by atoms with Gasteiger partial charge in [0.2, 0.25) is 10.0 Å². The third-order valence-electron chi connectivity index (χ3n) is 4.19. The molecule has 0 unspecified atom stereocenters. The fourth-order valence-corrected chi connectivity index (χ4v) is 4.78. The molecule has 0 aromatic carbocycles. The van der Waals surface area contributed by atoms with E-state index in [1.54, 1.807) is 5.38 Å². The summed E-state index contributed by atoms with van der Waals surface area (Å²) in [5.41, 5.74) is 0.347. The van der Waals surface area contributed by atoms with Crippen LogP contribution in [-0.2, 0) is 10.0 Å². The summed E-state index contributed by atoms with van der Waals surface area (Å²) < 4.78 is 25.7. The first-order valence-electron chi connectivity index (χ1n) is 8.69. The number of likely N-dealkylation sites (tertiary alicyclic amines) is 1. The molecule has 1 aromatic heterocycles. The maximum Gasteiger partial charge on any atom is 0.270 e. The third-order valence-corrected chi connectivity index (χ3v) is 5.80. The van der Waals surface area contributed by atoms with Crippen molar-refractivity contribution in [2.45, 2.75) is 39.2 Å². The molecule has 1 atom stereocenters. The van der Waals surface area contributed by atoms with Crippen molar-refractivity contribution in [1.29, 1.82) is 0 Å². The number of hydrogen-bond acceptors (Lipinski definition) is 6. The van der Waals surface area contributed by atoms with Crippen LogP contribution in [0.4, 0.5) is 0 Å². The number of aromatic nitrogens is 1. The largest absolute Gasteiger partial charge is 0.349 e. The molecule has 1 amide bonds. The van der Waals surface area contributed by atoms with E-state index in [4.69, 9.17) is 0 Å². The van der Waals surface area contributed by atoms with Gasteiger partial charge in [-0.15, -0.1) is 11.3 Å². The minimum absolute atomic E-state index is 0.0379. The Morgan fingerprint density at radius 2 is 2.00 bits per heavy atom. The van der Waals surface area contributed by atoms with E-state index in [1.807, 2.05) is 13.8 Å². The lowest BCUT2D eigenvalue weighted by atomic mass is 10.1. The van der Waals surface area contributed by atoms with Gasteiger partial charge in [-0.25, -0.2) is 18.1 Å². The smallest absolute Gasteiger partial charge is 0.270 e. The molecule has 1 aliphatic rings. The summed E-state index contributed by atoms with van der Waals surface area (Å²) in [5, 5.41) is 5.20. The molecule has 0 spiro atoms. The lowest BCUT2D eigenvalue weighted by Crippen LogP contribution is -2.37. The summed E-state index contributed by atoms with van der Waals surface area (Å²) in [4.78, 5) is 19.0. The number of nitrogens with one attached hydrogen (secondary N) is 2. The number of carbonyl (C=O) groups excluding carboxylic acids is 1. The van der Waals surface area contributed by atoms with Crippen molar-refractivity contribution >= 4 is 27.3 Å². The highest BCUT2D eigenvalue weighted by Gasteiger charge is 2.24. The molecule has 0 saturated carbocycles. The van der Waals surface area contributed by atoms with Gasteiger partial charge in [-0.1, -0.05) is 20.3 Å². The quantitative estimate of drug-likeness (QED) is 0.706. The van der Waals surface area contributed by atoms with Crippen molar-refractivity contribution in [3.8, 4) is 0 Å². The Hall–Kier alpha value is -1.03. The van der Waals surface area contributed by atoms with Gasteiger partial charge in [0.05, 0.1) is 12.3 Å². The zero-order valence-electron chi connectivity index (χ0n) is 15.1. The molecule has 1 aromatic rings. The van der Waals surface area contributed by atoms with Gasteiger partial charge in [0.15, 0.2) is 0 Å². The molecule has 1 fully saturated rings. The Morgan fingerprint density at radius 1 is 1.32 bits per heavy atom. The van der Waals surface area contributed by atoms with Crippen molar-refractivity contribution in [3.63, 3.8) is 0 Å². The van der Waals surface area contributed by atoms with Crippen LogP contribution in [0.1, 0.15) is 54.6 Å². The van der Waals surface area contributed by atoms with Crippen LogP contribution in [0.25, 0.3) is 0 Å². The SMILES string of the molecule is CC(C)[C@H](NS(C)(=O)=O)c1nc(C(=O)NCCN2CCCCC2)cs1. The van der Waals surface area contributed by atoms with Crippen molar-refractivity contribution in [2.75, 3.05) is 32.4 Å². The fraction of sp³-hybridized carbons (Fsp3) is 0.750. The van der Waals surface area contributed by atoms with E-state index in [2.05, 4.69) is 19.9 Å². The zero-order valence-corrected chi connectivity index (χ0v) is 16.8. The van der Waals surface area contributed by atoms with Gasteiger partial charge in [-0.2, -0.15) is 0 Å². The second-order valence-corrected chi connectivity index (χ2v) is 9.51. The summed E-state index contributed by atoms with van der Waals surface area (Å²) in [6.07, 6.45) is 4.88. The van der Waals surface area contributed by atoms with E-state index in [0.29, 0.717) is 17.2 Å². The number of hydrogen-bond donors (Lipinski definition) is 2. The monoisotopic (exact) mass is 388 g/mol. The predicted octanol–water partition coefficient (Wildman–Crippen LogP) is 1.61. The summed E-state index contributed by atoms with van der Waals surface area (Å²) >= 11 is 1.31. The normalized spacial score (nSPS) is 17.6. The average Bonchev–Trinajstić information content (AvgIpc) is 3.02. The zero-order chi connectivity index (χ0) is 18.4. The Morgan fingerprint density at radius 3 is 2.60 bits per heavy atom. The van der Waals surface area contributed by atoms with Crippen LogP contribution in [0.2, 0.25) is 0 Å².